The summed E-state index contributed by atoms with van der Waals surface area (Å²) in [5.74, 6) is -0.421. The Morgan fingerprint density at radius 3 is 2.67 bits per heavy atom. The number of amidine groups is 1. The molecule has 0 radical (unpaired) electrons. The van der Waals surface area contributed by atoms with Gasteiger partial charge in [0, 0.05) is 31.9 Å². The van der Waals surface area contributed by atoms with E-state index in [1.54, 1.807) is 0 Å². The molecule has 1 fully saturated rings. The summed E-state index contributed by atoms with van der Waals surface area (Å²) >= 11 is 1.49. The number of nitrogens with zero attached hydrogens (tertiary/aromatic N) is 3. The Labute approximate surface area is 217 Å². The lowest BCUT2D eigenvalue weighted by Crippen LogP contribution is -2.42. The summed E-state index contributed by atoms with van der Waals surface area (Å²) < 4.78 is 11.0. The highest BCUT2D eigenvalue weighted by Crippen LogP contribution is 2.45. The van der Waals surface area contributed by atoms with Crippen LogP contribution in [-0.2, 0) is 19.1 Å². The summed E-state index contributed by atoms with van der Waals surface area (Å²) in [4.78, 5) is 35.3. The van der Waals surface area contributed by atoms with Crippen LogP contribution in [0.1, 0.15) is 49.9 Å². The van der Waals surface area contributed by atoms with Crippen molar-refractivity contribution in [1.29, 1.82) is 0 Å². The number of aliphatic imine (C=N–C) groups is 1. The zero-order chi connectivity index (χ0) is 25.8. The molecule has 1 atom stereocenters. The van der Waals surface area contributed by atoms with Gasteiger partial charge < -0.3 is 19.7 Å². The molecular weight excluding hydrogens is 476 g/mol. The van der Waals surface area contributed by atoms with E-state index >= 15 is 0 Å². The minimum atomic E-state index is -0.410. The van der Waals surface area contributed by atoms with Crippen molar-refractivity contribution in [2.75, 3.05) is 39.4 Å². The Morgan fingerprint density at radius 2 is 1.97 bits per heavy atom. The second-order valence-corrected chi connectivity index (χ2v) is 10.5. The third kappa shape index (κ3) is 6.02. The van der Waals surface area contributed by atoms with Crippen LogP contribution in [0.4, 0.5) is 0 Å². The SMILES string of the molecule is CC1=C(C(=O)OC(C)C)[C@@H](c2ccc(C)cc2C)N2C(CC(=O)NCCN3CCOCC3)=CSC2=N1. The Bertz CT molecular complexity index is 1100. The van der Waals surface area contributed by atoms with E-state index in [0.29, 0.717) is 17.8 Å². The number of hydrogen-bond acceptors (Lipinski definition) is 8. The Balaban J connectivity index is 1.56. The third-order valence-corrected chi connectivity index (χ3v) is 7.37. The average molecular weight is 513 g/mol. The van der Waals surface area contributed by atoms with Gasteiger partial charge in [0.25, 0.3) is 0 Å². The van der Waals surface area contributed by atoms with Crippen molar-refractivity contribution in [3.63, 3.8) is 0 Å². The largest absolute Gasteiger partial charge is 0.459 e. The lowest BCUT2D eigenvalue weighted by atomic mass is 9.90. The molecule has 194 valence electrons. The summed E-state index contributed by atoms with van der Waals surface area (Å²) in [5.41, 5.74) is 5.22. The molecule has 1 aromatic carbocycles. The van der Waals surface area contributed by atoms with E-state index in [9.17, 15) is 9.59 Å². The predicted octanol–water partition coefficient (Wildman–Crippen LogP) is 3.67. The molecule has 3 aliphatic rings. The van der Waals surface area contributed by atoms with Gasteiger partial charge in [-0.25, -0.2) is 9.79 Å². The van der Waals surface area contributed by atoms with Crippen LogP contribution >= 0.6 is 11.8 Å². The maximum Gasteiger partial charge on any atom is 0.338 e. The first-order valence-corrected chi connectivity index (χ1v) is 13.4. The lowest BCUT2D eigenvalue weighted by molar-refractivity contribution is -0.143. The first-order valence-electron chi connectivity index (χ1n) is 12.5. The number of thioether (sulfide) groups is 1. The van der Waals surface area contributed by atoms with Crippen LogP contribution in [0.3, 0.4) is 0 Å². The number of aryl methyl sites for hydroxylation is 2. The van der Waals surface area contributed by atoms with Crippen molar-refractivity contribution in [1.82, 2.24) is 15.1 Å². The zero-order valence-corrected chi connectivity index (χ0v) is 22.6. The smallest absolute Gasteiger partial charge is 0.338 e. The molecule has 1 N–H and O–H groups in total. The molecule has 36 heavy (non-hydrogen) atoms. The van der Waals surface area contributed by atoms with Gasteiger partial charge in [-0.15, -0.1) is 0 Å². The number of fused-ring (bicyclic) bond motifs is 1. The van der Waals surface area contributed by atoms with Gasteiger partial charge in [-0.2, -0.15) is 0 Å². The van der Waals surface area contributed by atoms with Crippen molar-refractivity contribution >= 4 is 28.8 Å². The van der Waals surface area contributed by atoms with Crippen LogP contribution in [0.5, 0.6) is 0 Å². The van der Waals surface area contributed by atoms with E-state index in [2.05, 4.69) is 42.3 Å². The molecule has 1 aromatic rings. The van der Waals surface area contributed by atoms with E-state index < -0.39 is 6.04 Å². The average Bonchev–Trinajstić information content (AvgIpc) is 3.20. The van der Waals surface area contributed by atoms with Crippen molar-refractivity contribution in [3.8, 4) is 0 Å². The summed E-state index contributed by atoms with van der Waals surface area (Å²) in [7, 11) is 0. The topological polar surface area (TPSA) is 83.5 Å². The van der Waals surface area contributed by atoms with E-state index in [1.807, 2.05) is 31.1 Å². The van der Waals surface area contributed by atoms with Crippen LogP contribution in [0.2, 0.25) is 0 Å². The molecule has 0 unspecified atom stereocenters. The maximum atomic E-state index is 13.3. The van der Waals surface area contributed by atoms with Crippen molar-refractivity contribution < 1.29 is 19.1 Å². The fraction of sp³-hybridized carbons (Fsp3) is 0.519. The number of benzene rings is 1. The van der Waals surface area contributed by atoms with E-state index in [-0.39, 0.29) is 24.4 Å². The number of carbonyl (C=O) groups is 2. The zero-order valence-electron chi connectivity index (χ0n) is 21.8. The first-order chi connectivity index (χ1) is 17.2. The van der Waals surface area contributed by atoms with Crippen molar-refractivity contribution in [2.45, 2.75) is 53.2 Å². The van der Waals surface area contributed by atoms with Crippen LogP contribution in [0, 0.1) is 13.8 Å². The monoisotopic (exact) mass is 512 g/mol. The second kappa shape index (κ2) is 11.6. The Morgan fingerprint density at radius 1 is 1.22 bits per heavy atom. The number of morpholine rings is 1. The van der Waals surface area contributed by atoms with Crippen LogP contribution in [0.25, 0.3) is 0 Å². The highest BCUT2D eigenvalue weighted by Gasteiger charge is 2.41. The number of esters is 1. The molecule has 1 saturated heterocycles. The predicted molar refractivity (Wildman–Crippen MR) is 142 cm³/mol. The highest BCUT2D eigenvalue weighted by molar-refractivity contribution is 8.16. The summed E-state index contributed by atoms with van der Waals surface area (Å²) in [5, 5.41) is 5.80. The molecule has 4 rings (SSSR count). The summed E-state index contributed by atoms with van der Waals surface area (Å²) in [6.45, 7) is 14.3. The number of hydrogen-bond donors (Lipinski definition) is 1. The minimum absolute atomic E-state index is 0.0479. The highest BCUT2D eigenvalue weighted by atomic mass is 32.2. The molecule has 0 bridgehead atoms. The molecule has 0 spiro atoms. The van der Waals surface area contributed by atoms with E-state index in [0.717, 1.165) is 60.4 Å². The van der Waals surface area contributed by atoms with E-state index in [4.69, 9.17) is 14.5 Å². The lowest BCUT2D eigenvalue weighted by Gasteiger charge is -2.37. The standard InChI is InChI=1S/C27H36N4O4S/c1-17(2)35-26(33)24-20(5)29-27-31(25(24)22-7-6-18(3)14-19(22)4)21(16-36-27)15-23(32)28-8-9-30-10-12-34-13-11-30/h6-7,14,16-17,25H,8-13,15H2,1-5H3,(H,28,32)/t25-/m1/s1. The summed E-state index contributed by atoms with van der Waals surface area (Å²) in [6, 6.07) is 5.83. The normalized spacial score (nSPS) is 20.3. The molecule has 1 amide bonds. The molecule has 9 heteroatoms. The third-order valence-electron chi connectivity index (χ3n) is 6.48. The maximum absolute atomic E-state index is 13.3. The number of carbonyl (C=O) groups excluding carboxylic acids is 2. The van der Waals surface area contributed by atoms with Gasteiger partial charge in [-0.3, -0.25) is 9.69 Å². The molecular formula is C27H36N4O4S. The van der Waals surface area contributed by atoms with Crippen molar-refractivity contribution in [2.24, 2.45) is 4.99 Å². The molecule has 8 nitrogen and oxygen atoms in total. The fourth-order valence-electron chi connectivity index (χ4n) is 4.74. The van der Waals surface area contributed by atoms with E-state index in [1.165, 1.54) is 11.8 Å². The van der Waals surface area contributed by atoms with Crippen LogP contribution in [-0.4, -0.2) is 72.3 Å². The Kier molecular flexibility index (Phi) is 8.54. The van der Waals surface area contributed by atoms with Crippen LogP contribution in [0.15, 0.2) is 45.6 Å². The molecule has 3 heterocycles. The quantitative estimate of drug-likeness (QED) is 0.532. The molecule has 0 aromatic heterocycles. The number of ether oxygens (including phenoxy) is 2. The number of amides is 1. The van der Waals surface area contributed by atoms with Gasteiger partial charge in [0.05, 0.1) is 43.1 Å². The second-order valence-electron chi connectivity index (χ2n) is 9.69. The van der Waals surface area contributed by atoms with Crippen molar-refractivity contribution in [3.05, 3.63) is 57.3 Å². The number of rotatable bonds is 8. The molecule has 3 aliphatic heterocycles. The fourth-order valence-corrected chi connectivity index (χ4v) is 5.70. The first kappa shape index (κ1) is 26.4. The summed E-state index contributed by atoms with van der Waals surface area (Å²) in [6.07, 6.45) is -0.0367. The molecule has 0 saturated carbocycles. The molecule has 0 aliphatic carbocycles. The minimum Gasteiger partial charge on any atom is -0.459 e. The van der Waals surface area contributed by atoms with Gasteiger partial charge in [0.2, 0.25) is 5.91 Å². The Hall–Kier alpha value is -2.62. The number of nitrogens with one attached hydrogen (secondary N) is 1. The van der Waals surface area contributed by atoms with Gasteiger partial charge in [-0.1, -0.05) is 35.5 Å². The van der Waals surface area contributed by atoms with Crippen LogP contribution < -0.4 is 5.32 Å². The van der Waals surface area contributed by atoms with Gasteiger partial charge in [0.1, 0.15) is 0 Å². The van der Waals surface area contributed by atoms with Gasteiger partial charge >= 0.3 is 5.97 Å². The number of allylic oxidation sites excluding steroid dienone is 1. The van der Waals surface area contributed by atoms with Gasteiger partial charge in [0.15, 0.2) is 5.17 Å². The van der Waals surface area contributed by atoms with Gasteiger partial charge in [-0.05, 0) is 51.2 Å².